The van der Waals surface area contributed by atoms with Crippen molar-refractivity contribution in [3.8, 4) is 0 Å². The maximum absolute atomic E-state index is 11.2. The van der Waals surface area contributed by atoms with E-state index in [4.69, 9.17) is 5.11 Å². The van der Waals surface area contributed by atoms with E-state index in [1.807, 2.05) is 30.3 Å². The highest BCUT2D eigenvalue weighted by Crippen LogP contribution is 1.98. The summed E-state index contributed by atoms with van der Waals surface area (Å²) in [6.45, 7) is 2.12. The maximum Gasteiger partial charge on any atom is 0.222 e. The number of aliphatic hydroxyl groups excluding tert-OH is 1. The highest BCUT2D eigenvalue weighted by Gasteiger charge is 2.04. The first-order chi connectivity index (χ1) is 6.68. The molecule has 3 nitrogen and oxygen atoms in total. The van der Waals surface area contributed by atoms with Gasteiger partial charge in [0.25, 0.3) is 0 Å². The largest absolute Gasteiger partial charge is 0.393 e. The molecule has 0 radical (unpaired) electrons. The summed E-state index contributed by atoms with van der Waals surface area (Å²) in [5, 5.41) is 11.7. The molecule has 3 heteroatoms. The average molecular weight is 193 g/mol. The van der Waals surface area contributed by atoms with Crippen molar-refractivity contribution in [1.29, 1.82) is 0 Å². The molecule has 2 N–H and O–H groups in total. The highest BCUT2D eigenvalue weighted by molar-refractivity contribution is 5.76. The van der Waals surface area contributed by atoms with Gasteiger partial charge in [0.1, 0.15) is 0 Å². The van der Waals surface area contributed by atoms with Crippen molar-refractivity contribution >= 4 is 5.91 Å². The molecule has 1 rings (SSSR count). The second kappa shape index (κ2) is 5.40. The van der Waals surface area contributed by atoms with Gasteiger partial charge in [-0.05, 0) is 12.5 Å². The Hall–Kier alpha value is -1.35. The van der Waals surface area contributed by atoms with Crippen LogP contribution in [0.4, 0.5) is 0 Å². The number of amides is 1. The number of aliphatic hydroxyl groups is 1. The van der Waals surface area contributed by atoms with Gasteiger partial charge < -0.3 is 10.4 Å². The normalized spacial score (nSPS) is 12.1. The number of hydrogen-bond acceptors (Lipinski definition) is 2. The zero-order valence-corrected chi connectivity index (χ0v) is 8.23. The highest BCUT2D eigenvalue weighted by atomic mass is 16.3. The second-order valence-corrected chi connectivity index (χ2v) is 3.32. The molecule has 1 aromatic rings. The fourth-order valence-electron chi connectivity index (χ4n) is 1.14. The van der Waals surface area contributed by atoms with E-state index in [9.17, 15) is 4.79 Å². The van der Waals surface area contributed by atoms with Gasteiger partial charge in [-0.15, -0.1) is 0 Å². The van der Waals surface area contributed by atoms with Gasteiger partial charge in [-0.2, -0.15) is 0 Å². The van der Waals surface area contributed by atoms with Crippen LogP contribution in [-0.4, -0.2) is 17.1 Å². The number of benzene rings is 1. The lowest BCUT2D eigenvalue weighted by atomic mass is 10.2. The Morgan fingerprint density at radius 2 is 2.07 bits per heavy atom. The molecule has 0 spiro atoms. The molecule has 1 amide bonds. The molecule has 14 heavy (non-hydrogen) atoms. The minimum absolute atomic E-state index is 0.121. The minimum Gasteiger partial charge on any atom is -0.393 e. The summed E-state index contributed by atoms with van der Waals surface area (Å²) < 4.78 is 0. The molecule has 0 aromatic heterocycles. The van der Waals surface area contributed by atoms with Crippen LogP contribution in [0.5, 0.6) is 0 Å². The van der Waals surface area contributed by atoms with Gasteiger partial charge in [-0.25, -0.2) is 0 Å². The van der Waals surface area contributed by atoms with Crippen LogP contribution in [0.3, 0.4) is 0 Å². The molecule has 1 unspecified atom stereocenters. The van der Waals surface area contributed by atoms with Crippen molar-refractivity contribution in [2.45, 2.75) is 26.0 Å². The number of carbonyl (C=O) groups excluding carboxylic acids is 1. The summed E-state index contributed by atoms with van der Waals surface area (Å²) in [6, 6.07) is 9.68. The van der Waals surface area contributed by atoms with Gasteiger partial charge in [0.15, 0.2) is 0 Å². The minimum atomic E-state index is -0.578. The Bertz CT molecular complexity index is 283. The lowest BCUT2D eigenvalue weighted by molar-refractivity contribution is -0.122. The monoisotopic (exact) mass is 193 g/mol. The van der Waals surface area contributed by atoms with E-state index in [1.54, 1.807) is 6.92 Å². The maximum atomic E-state index is 11.2. The third-order valence-corrected chi connectivity index (χ3v) is 1.81. The Balaban J connectivity index is 2.31. The van der Waals surface area contributed by atoms with Crippen molar-refractivity contribution in [2.24, 2.45) is 0 Å². The molecular formula is C11H15NO2. The van der Waals surface area contributed by atoms with Crippen molar-refractivity contribution in [1.82, 2.24) is 5.32 Å². The molecule has 0 saturated carbocycles. The summed E-state index contributed by atoms with van der Waals surface area (Å²) in [7, 11) is 0. The Labute approximate surface area is 83.8 Å². The van der Waals surface area contributed by atoms with Gasteiger partial charge in [0.05, 0.1) is 12.5 Å². The number of rotatable bonds is 4. The summed E-state index contributed by atoms with van der Waals surface area (Å²) in [5.41, 5.74) is 1.06. The first kappa shape index (κ1) is 10.7. The van der Waals surface area contributed by atoms with E-state index >= 15 is 0 Å². The predicted molar refractivity (Wildman–Crippen MR) is 54.6 cm³/mol. The molecule has 0 bridgehead atoms. The van der Waals surface area contributed by atoms with Crippen molar-refractivity contribution in [3.05, 3.63) is 35.9 Å². The summed E-state index contributed by atoms with van der Waals surface area (Å²) in [5.74, 6) is -0.121. The van der Waals surface area contributed by atoms with Crippen LogP contribution in [0.1, 0.15) is 18.9 Å². The molecule has 0 aliphatic carbocycles. The lowest BCUT2D eigenvalue weighted by Gasteiger charge is -2.06. The van der Waals surface area contributed by atoms with Gasteiger partial charge in [-0.1, -0.05) is 30.3 Å². The van der Waals surface area contributed by atoms with Crippen molar-refractivity contribution < 1.29 is 9.90 Å². The molecule has 0 saturated heterocycles. The molecule has 0 heterocycles. The van der Waals surface area contributed by atoms with Gasteiger partial charge in [0, 0.05) is 6.54 Å². The lowest BCUT2D eigenvalue weighted by Crippen LogP contribution is -2.25. The third-order valence-electron chi connectivity index (χ3n) is 1.81. The number of hydrogen-bond donors (Lipinski definition) is 2. The molecule has 1 atom stereocenters. The number of nitrogens with one attached hydrogen (secondary N) is 1. The summed E-state index contributed by atoms with van der Waals surface area (Å²) >= 11 is 0. The Kier molecular flexibility index (Phi) is 4.13. The quantitative estimate of drug-likeness (QED) is 0.751. The van der Waals surface area contributed by atoms with Crippen LogP contribution in [-0.2, 0) is 11.3 Å². The molecule has 0 aliphatic heterocycles. The zero-order chi connectivity index (χ0) is 10.4. The fourth-order valence-corrected chi connectivity index (χ4v) is 1.14. The SMILES string of the molecule is CC(O)CC(=O)NCc1ccccc1. The predicted octanol–water partition coefficient (Wildman–Crippen LogP) is 1.07. The zero-order valence-electron chi connectivity index (χ0n) is 8.23. The van der Waals surface area contributed by atoms with E-state index in [0.717, 1.165) is 5.56 Å². The second-order valence-electron chi connectivity index (χ2n) is 3.32. The Morgan fingerprint density at radius 1 is 1.43 bits per heavy atom. The Morgan fingerprint density at radius 3 is 2.64 bits per heavy atom. The first-order valence-corrected chi connectivity index (χ1v) is 4.67. The topological polar surface area (TPSA) is 49.3 Å². The van der Waals surface area contributed by atoms with Crippen LogP contribution in [0, 0.1) is 0 Å². The molecule has 0 aliphatic rings. The van der Waals surface area contributed by atoms with Crippen LogP contribution in [0.25, 0.3) is 0 Å². The molecule has 76 valence electrons. The molecular weight excluding hydrogens is 178 g/mol. The van der Waals surface area contributed by atoms with Crippen molar-refractivity contribution in [3.63, 3.8) is 0 Å². The standard InChI is InChI=1S/C11H15NO2/c1-9(13)7-11(14)12-8-10-5-3-2-4-6-10/h2-6,9,13H,7-8H2,1H3,(H,12,14). The van der Waals surface area contributed by atoms with Gasteiger partial charge in [0.2, 0.25) is 5.91 Å². The van der Waals surface area contributed by atoms with E-state index in [2.05, 4.69) is 5.32 Å². The van der Waals surface area contributed by atoms with E-state index in [-0.39, 0.29) is 12.3 Å². The van der Waals surface area contributed by atoms with Crippen LogP contribution in [0.15, 0.2) is 30.3 Å². The van der Waals surface area contributed by atoms with Crippen LogP contribution < -0.4 is 5.32 Å². The first-order valence-electron chi connectivity index (χ1n) is 4.67. The average Bonchev–Trinajstić information content (AvgIpc) is 2.15. The van der Waals surface area contributed by atoms with E-state index in [1.165, 1.54) is 0 Å². The molecule has 0 fully saturated rings. The smallest absolute Gasteiger partial charge is 0.222 e. The molecule has 1 aromatic carbocycles. The van der Waals surface area contributed by atoms with Crippen LogP contribution >= 0.6 is 0 Å². The third kappa shape index (κ3) is 4.05. The van der Waals surface area contributed by atoms with Gasteiger partial charge in [-0.3, -0.25) is 4.79 Å². The fraction of sp³-hybridized carbons (Fsp3) is 0.364. The van der Waals surface area contributed by atoms with Crippen LogP contribution in [0.2, 0.25) is 0 Å². The van der Waals surface area contributed by atoms with E-state index in [0.29, 0.717) is 6.54 Å². The number of carbonyl (C=O) groups is 1. The van der Waals surface area contributed by atoms with Crippen molar-refractivity contribution in [2.75, 3.05) is 0 Å². The summed E-state index contributed by atoms with van der Waals surface area (Å²) in [6.07, 6.45) is -0.418. The van der Waals surface area contributed by atoms with Gasteiger partial charge >= 0.3 is 0 Å². The van der Waals surface area contributed by atoms with E-state index < -0.39 is 6.10 Å². The summed E-state index contributed by atoms with van der Waals surface area (Å²) in [4.78, 5) is 11.2.